The van der Waals surface area contributed by atoms with Gasteiger partial charge in [0, 0.05) is 13.1 Å². The van der Waals surface area contributed by atoms with Crippen molar-refractivity contribution in [3.8, 4) is 28.7 Å². The van der Waals surface area contributed by atoms with E-state index in [4.69, 9.17) is 14.2 Å². The average Bonchev–Trinajstić information content (AvgIpc) is 2.87. The fourth-order valence-electron chi connectivity index (χ4n) is 4.77. The molecule has 0 saturated heterocycles. The highest BCUT2D eigenvalue weighted by Crippen LogP contribution is 2.41. The number of phenols is 1. The summed E-state index contributed by atoms with van der Waals surface area (Å²) in [6, 6.07) is 14.9. The highest BCUT2D eigenvalue weighted by Gasteiger charge is 2.35. The molecule has 3 aliphatic heterocycles. The van der Waals surface area contributed by atoms with Crippen LogP contribution in [0.1, 0.15) is 39.5 Å². The molecule has 0 radical (unpaired) electrons. The third kappa shape index (κ3) is 5.07. The molecular weight excluding hydrogens is 496 g/mol. The molecule has 0 aromatic heterocycles. The lowest BCUT2D eigenvalue weighted by Crippen LogP contribution is -2.39. The van der Waals surface area contributed by atoms with Gasteiger partial charge in [0.2, 0.25) is 10.0 Å². The van der Waals surface area contributed by atoms with E-state index < -0.39 is 22.0 Å². The summed E-state index contributed by atoms with van der Waals surface area (Å²) in [5, 5.41) is 13.0. The molecule has 0 saturated carbocycles. The number of fused-ring (bicyclic) bond motifs is 6. The number of nitrogens with zero attached hydrogens (tertiary/aromatic N) is 1. The van der Waals surface area contributed by atoms with Crippen LogP contribution in [0.3, 0.4) is 0 Å². The van der Waals surface area contributed by atoms with Gasteiger partial charge >= 0.3 is 0 Å². The number of rotatable bonds is 2. The van der Waals surface area contributed by atoms with Crippen LogP contribution in [0.2, 0.25) is 0 Å². The number of nitrogens with one attached hydrogen (secondary N) is 1. The number of hydrogen-bond acceptors (Lipinski definition) is 7. The van der Waals surface area contributed by atoms with Crippen LogP contribution in [0.25, 0.3) is 0 Å². The van der Waals surface area contributed by atoms with Crippen LogP contribution in [0, 0.1) is 0 Å². The van der Waals surface area contributed by atoms with Gasteiger partial charge in [0.15, 0.2) is 11.5 Å². The Bertz CT molecular complexity index is 1460. The van der Waals surface area contributed by atoms with Crippen LogP contribution in [0.15, 0.2) is 54.6 Å². The summed E-state index contributed by atoms with van der Waals surface area (Å²) < 4.78 is 44.6. The monoisotopic (exact) mass is 524 g/mol. The summed E-state index contributed by atoms with van der Waals surface area (Å²) >= 11 is 0. The van der Waals surface area contributed by atoms with E-state index in [1.54, 1.807) is 25.3 Å². The normalized spacial score (nSPS) is 18.1. The predicted molar refractivity (Wildman–Crippen MR) is 137 cm³/mol. The predicted octanol–water partition coefficient (Wildman–Crippen LogP) is 3.61. The molecule has 37 heavy (non-hydrogen) atoms. The Kier molecular flexibility index (Phi) is 6.70. The fraction of sp³-hybridized carbons (Fsp3) is 0.296. The molecule has 3 aliphatic rings. The van der Waals surface area contributed by atoms with E-state index in [-0.39, 0.29) is 17.9 Å². The number of phenolic OH excluding ortho intramolecular Hbond substituents is 1. The maximum Gasteiger partial charge on any atom is 0.255 e. The zero-order chi connectivity index (χ0) is 26.2. The first-order valence-corrected chi connectivity index (χ1v) is 13.8. The number of carbonyl (C=O) groups is 1. The first-order chi connectivity index (χ1) is 17.7. The van der Waals surface area contributed by atoms with E-state index in [1.165, 1.54) is 22.7 Å². The molecule has 0 spiro atoms. The van der Waals surface area contributed by atoms with Crippen molar-refractivity contribution in [2.24, 2.45) is 0 Å². The van der Waals surface area contributed by atoms with Crippen molar-refractivity contribution in [2.45, 2.75) is 18.9 Å². The Morgan fingerprint density at radius 1 is 1.08 bits per heavy atom. The van der Waals surface area contributed by atoms with Gasteiger partial charge in [0.05, 0.1) is 31.6 Å². The smallest absolute Gasteiger partial charge is 0.255 e. The van der Waals surface area contributed by atoms with Gasteiger partial charge in [-0.15, -0.1) is 0 Å². The van der Waals surface area contributed by atoms with Gasteiger partial charge in [-0.25, -0.2) is 8.42 Å². The molecule has 8 bridgehead atoms. The molecule has 1 amide bonds. The molecular formula is C27H28N2O7S. The number of methoxy groups -OCH3 is 1. The summed E-state index contributed by atoms with van der Waals surface area (Å²) in [7, 11) is -1.97. The van der Waals surface area contributed by atoms with Crippen LogP contribution in [-0.4, -0.2) is 56.8 Å². The SMILES string of the molecule is COc1ccc2cc1OCCCNC(=O)c1cc(ccc1O)Oc1ccc3c(c1)CCN(S(C)(=O)=O)C23. The van der Waals surface area contributed by atoms with Crippen molar-refractivity contribution < 1.29 is 32.5 Å². The molecule has 6 rings (SSSR count). The maximum atomic E-state index is 12.8. The first kappa shape index (κ1) is 24.9. The Labute approximate surface area is 215 Å². The minimum atomic E-state index is -3.51. The molecule has 194 valence electrons. The molecule has 1 atom stereocenters. The van der Waals surface area contributed by atoms with Crippen molar-refractivity contribution in [3.63, 3.8) is 0 Å². The van der Waals surface area contributed by atoms with Crippen LogP contribution < -0.4 is 19.5 Å². The summed E-state index contributed by atoms with van der Waals surface area (Å²) in [4.78, 5) is 12.7. The van der Waals surface area contributed by atoms with E-state index in [0.29, 0.717) is 48.9 Å². The fourth-order valence-corrected chi connectivity index (χ4v) is 5.81. The van der Waals surface area contributed by atoms with Gasteiger partial charge in [0.25, 0.3) is 5.91 Å². The van der Waals surface area contributed by atoms with Crippen molar-refractivity contribution in [1.29, 1.82) is 0 Å². The Morgan fingerprint density at radius 3 is 2.65 bits per heavy atom. The molecule has 0 aliphatic carbocycles. The summed E-state index contributed by atoms with van der Waals surface area (Å²) in [6.45, 7) is 0.918. The molecule has 3 aromatic carbocycles. The van der Waals surface area contributed by atoms with Crippen LogP contribution in [0.5, 0.6) is 28.7 Å². The second-order valence-electron chi connectivity index (χ2n) is 9.04. The minimum absolute atomic E-state index is 0.107. The Balaban J connectivity index is 1.63. The minimum Gasteiger partial charge on any atom is -0.507 e. The van der Waals surface area contributed by atoms with Gasteiger partial charge in [0.1, 0.15) is 17.2 Å². The largest absolute Gasteiger partial charge is 0.507 e. The topological polar surface area (TPSA) is 114 Å². The first-order valence-electron chi connectivity index (χ1n) is 11.9. The van der Waals surface area contributed by atoms with E-state index in [0.717, 1.165) is 16.7 Å². The van der Waals surface area contributed by atoms with E-state index in [9.17, 15) is 18.3 Å². The van der Waals surface area contributed by atoms with Crippen molar-refractivity contribution in [1.82, 2.24) is 9.62 Å². The molecule has 10 heteroatoms. The lowest BCUT2D eigenvalue weighted by molar-refractivity contribution is 0.0948. The van der Waals surface area contributed by atoms with Crippen LogP contribution >= 0.6 is 0 Å². The average molecular weight is 525 g/mol. The quantitative estimate of drug-likeness (QED) is 0.526. The molecule has 0 fully saturated rings. The highest BCUT2D eigenvalue weighted by molar-refractivity contribution is 7.88. The van der Waals surface area contributed by atoms with Crippen molar-refractivity contribution in [3.05, 3.63) is 76.9 Å². The number of amides is 1. The number of hydrogen-bond donors (Lipinski definition) is 2. The van der Waals surface area contributed by atoms with E-state index in [1.807, 2.05) is 24.3 Å². The molecule has 1 unspecified atom stereocenters. The Hall–Kier alpha value is -3.76. The summed E-state index contributed by atoms with van der Waals surface area (Å²) in [5.41, 5.74) is 2.68. The highest BCUT2D eigenvalue weighted by atomic mass is 32.2. The zero-order valence-corrected chi connectivity index (χ0v) is 21.4. The number of ether oxygens (including phenoxy) is 3. The van der Waals surface area contributed by atoms with Crippen LogP contribution in [0.4, 0.5) is 0 Å². The number of benzene rings is 3. The van der Waals surface area contributed by atoms with Gasteiger partial charge < -0.3 is 24.6 Å². The Morgan fingerprint density at radius 2 is 1.86 bits per heavy atom. The standard InChI is InChI=1S/C27H28N2O7S/c1-34-24-9-4-18-15-25(24)35-13-3-11-28-27(31)22-16-20(6-8-23(22)30)36-19-5-7-21-17(14-19)10-12-29(26(18)21)37(2,32)33/h4-9,14-16,26,30H,3,10-13H2,1-2H3,(H,28,31). The summed E-state index contributed by atoms with van der Waals surface area (Å²) in [6.07, 6.45) is 2.23. The second kappa shape index (κ2) is 9.95. The third-order valence-corrected chi connectivity index (χ3v) is 7.79. The summed E-state index contributed by atoms with van der Waals surface area (Å²) in [5.74, 6) is 1.39. The van der Waals surface area contributed by atoms with Crippen molar-refractivity contribution in [2.75, 3.05) is 33.1 Å². The van der Waals surface area contributed by atoms with E-state index >= 15 is 0 Å². The third-order valence-electron chi connectivity index (χ3n) is 6.54. The second-order valence-corrected chi connectivity index (χ2v) is 11.0. The molecule has 2 N–H and O–H groups in total. The molecule has 3 aromatic rings. The van der Waals surface area contributed by atoms with Crippen molar-refractivity contribution >= 4 is 15.9 Å². The number of aromatic hydroxyl groups is 1. The van der Waals surface area contributed by atoms with Gasteiger partial charge in [-0.1, -0.05) is 12.1 Å². The lowest BCUT2D eigenvalue weighted by Gasteiger charge is -2.36. The molecule has 3 heterocycles. The van der Waals surface area contributed by atoms with Crippen LogP contribution in [-0.2, 0) is 16.4 Å². The van der Waals surface area contributed by atoms with Gasteiger partial charge in [-0.2, -0.15) is 4.31 Å². The molecule has 9 nitrogen and oxygen atoms in total. The number of sulfonamides is 1. The number of carbonyl (C=O) groups excluding carboxylic acids is 1. The van der Waals surface area contributed by atoms with Gasteiger partial charge in [-0.3, -0.25) is 4.79 Å². The van der Waals surface area contributed by atoms with Gasteiger partial charge in [-0.05, 0) is 72.0 Å². The zero-order valence-electron chi connectivity index (χ0n) is 20.6. The maximum absolute atomic E-state index is 12.8. The lowest BCUT2D eigenvalue weighted by atomic mass is 9.89. The van der Waals surface area contributed by atoms with E-state index in [2.05, 4.69) is 5.32 Å².